The average molecular weight is 472 g/mol. The zero-order chi connectivity index (χ0) is 24.6. The first-order chi connectivity index (χ1) is 17.0. The number of fused-ring (bicyclic) bond motifs is 1. The molecule has 1 aliphatic heterocycles. The van der Waals surface area contributed by atoms with E-state index in [1.54, 1.807) is 12.4 Å². The zero-order valence-corrected chi connectivity index (χ0v) is 21.2. The Morgan fingerprint density at radius 2 is 1.74 bits per heavy atom. The third-order valence-electron chi connectivity index (χ3n) is 6.38. The van der Waals surface area contributed by atoms with Crippen LogP contribution < -0.4 is 9.80 Å². The van der Waals surface area contributed by atoms with E-state index in [1.807, 2.05) is 17.0 Å². The largest absolute Gasteiger partial charge is 0.339 e. The monoisotopic (exact) mass is 471 g/mol. The van der Waals surface area contributed by atoms with Gasteiger partial charge < -0.3 is 9.80 Å². The van der Waals surface area contributed by atoms with Gasteiger partial charge in [-0.2, -0.15) is 0 Å². The van der Waals surface area contributed by atoms with Gasteiger partial charge in [-0.15, -0.1) is 0 Å². The van der Waals surface area contributed by atoms with Crippen molar-refractivity contribution in [3.8, 4) is 0 Å². The summed E-state index contributed by atoms with van der Waals surface area (Å²) in [6.45, 7) is 11.2. The lowest BCUT2D eigenvalue weighted by Crippen LogP contribution is -2.37. The first-order valence-corrected chi connectivity index (χ1v) is 12.7. The molecule has 0 atom stereocenters. The minimum absolute atomic E-state index is 0.194. The summed E-state index contributed by atoms with van der Waals surface area (Å²) in [5.74, 6) is 1.26. The molecule has 1 aromatic heterocycles. The molecule has 1 amide bonds. The summed E-state index contributed by atoms with van der Waals surface area (Å²) >= 11 is 0. The maximum absolute atomic E-state index is 13.4. The van der Waals surface area contributed by atoms with Crippen LogP contribution in [0.5, 0.6) is 0 Å². The van der Waals surface area contributed by atoms with Crippen LogP contribution in [0.1, 0.15) is 43.4 Å². The van der Waals surface area contributed by atoms with Crippen LogP contribution in [-0.4, -0.2) is 47.0 Å². The molecule has 6 nitrogen and oxygen atoms in total. The number of amides is 1. The van der Waals surface area contributed by atoms with Crippen molar-refractivity contribution in [1.29, 1.82) is 0 Å². The third kappa shape index (κ3) is 6.89. The van der Waals surface area contributed by atoms with E-state index in [9.17, 15) is 4.79 Å². The first kappa shape index (κ1) is 24.9. The molecule has 0 fully saturated rings. The lowest BCUT2D eigenvalue weighted by atomic mass is 10.1. The first-order valence-electron chi connectivity index (χ1n) is 12.7. The van der Waals surface area contributed by atoms with Gasteiger partial charge in [0, 0.05) is 63.8 Å². The van der Waals surface area contributed by atoms with Crippen LogP contribution in [0, 0.1) is 12.8 Å². The van der Waals surface area contributed by atoms with Crippen LogP contribution >= 0.6 is 0 Å². The highest BCUT2D eigenvalue weighted by molar-refractivity contribution is 5.94. The second kappa shape index (κ2) is 11.9. The van der Waals surface area contributed by atoms with Crippen molar-refractivity contribution in [1.82, 2.24) is 14.9 Å². The molecule has 0 spiro atoms. The minimum Gasteiger partial charge on any atom is -0.339 e. The molecule has 0 aliphatic carbocycles. The van der Waals surface area contributed by atoms with Crippen LogP contribution in [-0.2, 0) is 17.9 Å². The molecule has 4 rings (SSSR count). The summed E-state index contributed by atoms with van der Waals surface area (Å²) in [6, 6.07) is 19.0. The Morgan fingerprint density at radius 1 is 0.943 bits per heavy atom. The highest BCUT2D eigenvalue weighted by Gasteiger charge is 2.23. The zero-order valence-electron chi connectivity index (χ0n) is 21.2. The van der Waals surface area contributed by atoms with E-state index in [0.717, 1.165) is 50.8 Å². The van der Waals surface area contributed by atoms with Gasteiger partial charge in [0.15, 0.2) is 0 Å². The van der Waals surface area contributed by atoms with Crippen LogP contribution in [0.4, 0.5) is 11.6 Å². The number of nitrogens with zero attached hydrogens (tertiary/aromatic N) is 5. The molecule has 0 N–H and O–H groups in total. The number of aromatic nitrogens is 2. The quantitative estimate of drug-likeness (QED) is 0.520. The molecule has 0 radical (unpaired) electrons. The van der Waals surface area contributed by atoms with Gasteiger partial charge in [0.25, 0.3) is 0 Å². The predicted molar refractivity (Wildman–Crippen MR) is 142 cm³/mol. The molecule has 2 aromatic carbocycles. The normalized spacial score (nSPS) is 15.5. The topological polar surface area (TPSA) is 52.6 Å². The van der Waals surface area contributed by atoms with Crippen molar-refractivity contribution in [2.75, 3.05) is 36.0 Å². The second-order valence-electron chi connectivity index (χ2n) is 9.86. The van der Waals surface area contributed by atoms with Gasteiger partial charge in [0.1, 0.15) is 0 Å². The summed E-state index contributed by atoms with van der Waals surface area (Å²) in [5, 5.41) is 0. The van der Waals surface area contributed by atoms with Crippen LogP contribution in [0.2, 0.25) is 0 Å². The van der Waals surface area contributed by atoms with Crippen molar-refractivity contribution >= 4 is 17.5 Å². The molecule has 0 saturated carbocycles. The number of para-hydroxylation sites is 1. The fraction of sp³-hybridized carbons (Fsp3) is 0.414. The molecule has 0 bridgehead atoms. The summed E-state index contributed by atoms with van der Waals surface area (Å²) in [6.07, 6.45) is 5.00. The standard InChI is InChI=1S/C29H37N5O/c1-23(2)19-28(35)34-16-8-15-33(29-30-13-7-14-31-29)18-17-32(21-25-10-6-9-24(3)20-25)22-26-11-4-5-12-27(26)34/h4-7,9-14,20,23H,8,15-19,21-22H2,1-3H3. The van der Waals surface area contributed by atoms with Gasteiger partial charge in [0.2, 0.25) is 11.9 Å². The Hall–Kier alpha value is -3.25. The van der Waals surface area contributed by atoms with Crippen LogP contribution in [0.25, 0.3) is 0 Å². The summed E-state index contributed by atoms with van der Waals surface area (Å²) < 4.78 is 0. The molecule has 2 heterocycles. The molecule has 3 aromatic rings. The predicted octanol–water partition coefficient (Wildman–Crippen LogP) is 5.08. The molecule has 184 valence electrons. The van der Waals surface area contributed by atoms with E-state index in [-0.39, 0.29) is 5.91 Å². The Balaban J connectivity index is 1.67. The number of aryl methyl sites for hydroxylation is 1. The maximum Gasteiger partial charge on any atom is 0.227 e. The fourth-order valence-corrected chi connectivity index (χ4v) is 4.72. The summed E-state index contributed by atoms with van der Waals surface area (Å²) in [5.41, 5.74) is 4.80. The molecule has 0 saturated heterocycles. The Kier molecular flexibility index (Phi) is 8.48. The van der Waals surface area contributed by atoms with Gasteiger partial charge in [-0.3, -0.25) is 9.69 Å². The molecular formula is C29H37N5O. The number of hydrogen-bond donors (Lipinski definition) is 0. The minimum atomic E-state index is 0.194. The van der Waals surface area contributed by atoms with E-state index in [2.05, 4.69) is 83.0 Å². The van der Waals surface area contributed by atoms with Gasteiger partial charge in [-0.1, -0.05) is 61.9 Å². The van der Waals surface area contributed by atoms with E-state index in [1.165, 1.54) is 16.7 Å². The lowest BCUT2D eigenvalue weighted by Gasteiger charge is -2.28. The van der Waals surface area contributed by atoms with Crippen molar-refractivity contribution in [2.45, 2.75) is 46.7 Å². The number of carbonyl (C=O) groups excluding carboxylic acids is 1. The average Bonchev–Trinajstić information content (AvgIpc) is 2.87. The number of rotatable bonds is 5. The number of hydrogen-bond acceptors (Lipinski definition) is 5. The molecule has 35 heavy (non-hydrogen) atoms. The smallest absolute Gasteiger partial charge is 0.227 e. The van der Waals surface area contributed by atoms with Crippen LogP contribution in [0.15, 0.2) is 67.0 Å². The number of anilines is 2. The summed E-state index contributed by atoms with van der Waals surface area (Å²) in [7, 11) is 0. The van der Waals surface area contributed by atoms with E-state index in [4.69, 9.17) is 0 Å². The molecule has 0 unspecified atom stereocenters. The Bertz CT molecular complexity index is 1100. The Labute approximate surface area is 209 Å². The summed E-state index contributed by atoms with van der Waals surface area (Å²) in [4.78, 5) is 29.1. The Morgan fingerprint density at radius 3 is 2.51 bits per heavy atom. The van der Waals surface area contributed by atoms with Gasteiger partial charge in [-0.05, 0) is 42.5 Å². The van der Waals surface area contributed by atoms with Crippen molar-refractivity contribution in [2.24, 2.45) is 5.92 Å². The van der Waals surface area contributed by atoms with E-state index < -0.39 is 0 Å². The van der Waals surface area contributed by atoms with Gasteiger partial charge >= 0.3 is 0 Å². The lowest BCUT2D eigenvalue weighted by molar-refractivity contribution is -0.119. The SMILES string of the molecule is Cc1cccc(CN2CCN(c3ncccn3)CCCN(C(=O)CC(C)C)c3ccccc3C2)c1. The molecule has 6 heteroatoms. The second-order valence-corrected chi connectivity index (χ2v) is 9.86. The number of benzene rings is 2. The van der Waals surface area contributed by atoms with Crippen molar-refractivity contribution in [3.05, 3.63) is 83.7 Å². The highest BCUT2D eigenvalue weighted by atomic mass is 16.2. The van der Waals surface area contributed by atoms with Crippen LogP contribution in [0.3, 0.4) is 0 Å². The van der Waals surface area contributed by atoms with Gasteiger partial charge in [-0.25, -0.2) is 9.97 Å². The van der Waals surface area contributed by atoms with Gasteiger partial charge in [0.05, 0.1) is 0 Å². The van der Waals surface area contributed by atoms with E-state index in [0.29, 0.717) is 18.9 Å². The maximum atomic E-state index is 13.4. The third-order valence-corrected chi connectivity index (χ3v) is 6.38. The highest BCUT2D eigenvalue weighted by Crippen LogP contribution is 2.26. The number of carbonyl (C=O) groups is 1. The fourth-order valence-electron chi connectivity index (χ4n) is 4.72. The van der Waals surface area contributed by atoms with Crippen molar-refractivity contribution < 1.29 is 4.79 Å². The molecular weight excluding hydrogens is 434 g/mol. The van der Waals surface area contributed by atoms with E-state index >= 15 is 0 Å². The molecule has 1 aliphatic rings. The van der Waals surface area contributed by atoms with Crippen molar-refractivity contribution in [3.63, 3.8) is 0 Å².